The third-order valence-electron chi connectivity index (χ3n) is 5.57. The molecule has 1 N–H and O–H groups in total. The molecule has 3 fully saturated rings. The van der Waals surface area contributed by atoms with Gasteiger partial charge in [0, 0.05) is 25.2 Å². The number of hydrogen-bond acceptors (Lipinski definition) is 2. The van der Waals surface area contributed by atoms with Crippen molar-refractivity contribution < 1.29 is 9.53 Å². The average Bonchev–Trinajstić information content (AvgIpc) is 3.15. The monoisotopic (exact) mass is 294 g/mol. The van der Waals surface area contributed by atoms with Crippen LogP contribution in [0.5, 0.6) is 0 Å². The molecular formula is C17H30N2O2. The molecule has 4 heteroatoms. The third kappa shape index (κ3) is 3.71. The molecule has 3 rings (SSSR count). The second kappa shape index (κ2) is 6.99. The van der Waals surface area contributed by atoms with E-state index in [0.717, 1.165) is 31.9 Å². The standard InChI is InChI=1S/C17H30N2O2/c1-13(9-10-15-7-4-12-21-15)18-17(20)19-11-3-6-14-5-2-8-16(14)19/h13-16H,2-12H2,1H3,(H,18,20)/t13-,14+,15+,16-/m1/s1. The molecule has 0 aromatic rings. The van der Waals surface area contributed by atoms with E-state index in [9.17, 15) is 4.79 Å². The smallest absolute Gasteiger partial charge is 0.317 e. The van der Waals surface area contributed by atoms with Gasteiger partial charge in [-0.25, -0.2) is 4.79 Å². The van der Waals surface area contributed by atoms with Crippen LogP contribution in [0.25, 0.3) is 0 Å². The van der Waals surface area contributed by atoms with Crippen LogP contribution < -0.4 is 5.32 Å². The summed E-state index contributed by atoms with van der Waals surface area (Å²) in [6.45, 7) is 4.00. The summed E-state index contributed by atoms with van der Waals surface area (Å²) in [5.41, 5.74) is 0. The first-order chi connectivity index (χ1) is 10.2. The summed E-state index contributed by atoms with van der Waals surface area (Å²) in [7, 11) is 0. The number of piperidine rings is 1. The summed E-state index contributed by atoms with van der Waals surface area (Å²) in [5, 5.41) is 3.22. The molecule has 3 aliphatic rings. The molecule has 2 aliphatic heterocycles. The van der Waals surface area contributed by atoms with Gasteiger partial charge < -0.3 is 15.0 Å². The number of carbonyl (C=O) groups excluding carboxylic acids is 1. The molecule has 2 saturated heterocycles. The molecule has 0 unspecified atom stereocenters. The van der Waals surface area contributed by atoms with E-state index >= 15 is 0 Å². The fourth-order valence-electron chi connectivity index (χ4n) is 4.38. The minimum Gasteiger partial charge on any atom is -0.378 e. The molecule has 0 aromatic heterocycles. The highest BCUT2D eigenvalue weighted by atomic mass is 16.5. The van der Waals surface area contributed by atoms with Gasteiger partial charge in [-0.3, -0.25) is 0 Å². The summed E-state index contributed by atoms with van der Waals surface area (Å²) >= 11 is 0. The molecule has 1 aliphatic carbocycles. The van der Waals surface area contributed by atoms with Gasteiger partial charge in [-0.05, 0) is 64.2 Å². The van der Waals surface area contributed by atoms with Gasteiger partial charge >= 0.3 is 6.03 Å². The molecule has 2 heterocycles. The second-order valence-electron chi connectivity index (χ2n) is 7.16. The number of nitrogens with zero attached hydrogens (tertiary/aromatic N) is 1. The summed E-state index contributed by atoms with van der Waals surface area (Å²) in [4.78, 5) is 14.7. The SMILES string of the molecule is C[C@H](CC[C@@H]1CCCO1)NC(=O)N1CCC[C@@H]2CCC[C@H]21. The maximum atomic E-state index is 12.5. The van der Waals surface area contributed by atoms with Crippen LogP contribution >= 0.6 is 0 Å². The Balaban J connectivity index is 1.43. The van der Waals surface area contributed by atoms with Crippen LogP contribution in [0.2, 0.25) is 0 Å². The Morgan fingerprint density at radius 2 is 2.10 bits per heavy atom. The minimum atomic E-state index is 0.173. The number of rotatable bonds is 4. The highest BCUT2D eigenvalue weighted by Gasteiger charge is 2.37. The van der Waals surface area contributed by atoms with Gasteiger partial charge in [0.25, 0.3) is 0 Å². The Morgan fingerprint density at radius 3 is 2.90 bits per heavy atom. The van der Waals surface area contributed by atoms with E-state index in [4.69, 9.17) is 4.74 Å². The topological polar surface area (TPSA) is 41.6 Å². The van der Waals surface area contributed by atoms with Gasteiger partial charge in [-0.2, -0.15) is 0 Å². The van der Waals surface area contributed by atoms with E-state index in [1.54, 1.807) is 0 Å². The number of amides is 2. The van der Waals surface area contributed by atoms with E-state index in [0.29, 0.717) is 12.1 Å². The van der Waals surface area contributed by atoms with Crippen molar-refractivity contribution in [2.45, 2.75) is 82.9 Å². The van der Waals surface area contributed by atoms with Crippen molar-refractivity contribution in [1.82, 2.24) is 10.2 Å². The van der Waals surface area contributed by atoms with Crippen molar-refractivity contribution in [1.29, 1.82) is 0 Å². The Bertz CT molecular complexity index is 355. The Morgan fingerprint density at radius 1 is 1.24 bits per heavy atom. The van der Waals surface area contributed by atoms with Crippen molar-refractivity contribution >= 4 is 6.03 Å². The molecule has 4 nitrogen and oxygen atoms in total. The van der Waals surface area contributed by atoms with Crippen molar-refractivity contribution in [3.63, 3.8) is 0 Å². The lowest BCUT2D eigenvalue weighted by Crippen LogP contribution is -2.52. The van der Waals surface area contributed by atoms with E-state index in [1.165, 1.54) is 44.9 Å². The first kappa shape index (κ1) is 15.1. The summed E-state index contributed by atoms with van der Waals surface area (Å²) in [6.07, 6.45) is 11.3. The van der Waals surface area contributed by atoms with Gasteiger partial charge in [-0.15, -0.1) is 0 Å². The summed E-state index contributed by atoms with van der Waals surface area (Å²) in [5.74, 6) is 0.770. The lowest BCUT2D eigenvalue weighted by Gasteiger charge is -2.38. The third-order valence-corrected chi connectivity index (χ3v) is 5.57. The number of carbonyl (C=O) groups is 1. The molecule has 2 amide bonds. The van der Waals surface area contributed by atoms with Crippen LogP contribution in [-0.4, -0.2) is 42.3 Å². The first-order valence-corrected chi connectivity index (χ1v) is 8.93. The first-order valence-electron chi connectivity index (χ1n) is 8.93. The van der Waals surface area contributed by atoms with Gasteiger partial charge in [0.2, 0.25) is 0 Å². The highest BCUT2D eigenvalue weighted by Crippen LogP contribution is 2.36. The van der Waals surface area contributed by atoms with Crippen molar-refractivity contribution in [2.75, 3.05) is 13.2 Å². The zero-order valence-corrected chi connectivity index (χ0v) is 13.4. The van der Waals surface area contributed by atoms with Crippen LogP contribution in [0, 0.1) is 5.92 Å². The summed E-state index contributed by atoms with van der Waals surface area (Å²) in [6, 6.07) is 0.944. The molecule has 1 saturated carbocycles. The van der Waals surface area contributed by atoms with Crippen molar-refractivity contribution in [3.8, 4) is 0 Å². The zero-order valence-electron chi connectivity index (χ0n) is 13.4. The fourth-order valence-corrected chi connectivity index (χ4v) is 4.38. The van der Waals surface area contributed by atoms with Gasteiger partial charge in [0.15, 0.2) is 0 Å². The fraction of sp³-hybridized carbons (Fsp3) is 0.941. The number of fused-ring (bicyclic) bond motifs is 1. The van der Waals surface area contributed by atoms with Crippen molar-refractivity contribution in [2.24, 2.45) is 5.92 Å². The zero-order chi connectivity index (χ0) is 14.7. The average molecular weight is 294 g/mol. The molecule has 0 bridgehead atoms. The predicted molar refractivity (Wildman–Crippen MR) is 83.3 cm³/mol. The molecule has 0 radical (unpaired) electrons. The van der Waals surface area contributed by atoms with E-state index in [-0.39, 0.29) is 12.1 Å². The highest BCUT2D eigenvalue weighted by molar-refractivity contribution is 5.75. The van der Waals surface area contributed by atoms with Crippen molar-refractivity contribution in [3.05, 3.63) is 0 Å². The number of hydrogen-bond donors (Lipinski definition) is 1. The van der Waals surface area contributed by atoms with E-state index < -0.39 is 0 Å². The van der Waals surface area contributed by atoms with Crippen LogP contribution in [-0.2, 0) is 4.74 Å². The van der Waals surface area contributed by atoms with E-state index in [2.05, 4.69) is 17.1 Å². The number of likely N-dealkylation sites (tertiary alicyclic amines) is 1. The predicted octanol–water partition coefficient (Wildman–Crippen LogP) is 3.31. The minimum absolute atomic E-state index is 0.173. The Labute approximate surface area is 128 Å². The number of nitrogens with one attached hydrogen (secondary N) is 1. The van der Waals surface area contributed by atoms with Crippen LogP contribution in [0.3, 0.4) is 0 Å². The molecule has 0 aromatic carbocycles. The largest absolute Gasteiger partial charge is 0.378 e. The normalized spacial score (nSPS) is 33.8. The second-order valence-corrected chi connectivity index (χ2v) is 7.16. The summed E-state index contributed by atoms with van der Waals surface area (Å²) < 4.78 is 5.66. The Kier molecular flexibility index (Phi) is 5.04. The lowest BCUT2D eigenvalue weighted by atomic mass is 9.92. The molecule has 21 heavy (non-hydrogen) atoms. The van der Waals surface area contributed by atoms with Crippen LogP contribution in [0.1, 0.15) is 64.7 Å². The van der Waals surface area contributed by atoms with Gasteiger partial charge in [-0.1, -0.05) is 6.42 Å². The lowest BCUT2D eigenvalue weighted by molar-refractivity contribution is 0.0985. The molecule has 0 spiro atoms. The quantitative estimate of drug-likeness (QED) is 0.864. The van der Waals surface area contributed by atoms with E-state index in [1.807, 2.05) is 0 Å². The molecular weight excluding hydrogens is 264 g/mol. The maximum Gasteiger partial charge on any atom is 0.317 e. The number of ether oxygens (including phenoxy) is 1. The van der Waals surface area contributed by atoms with Gasteiger partial charge in [0.05, 0.1) is 6.10 Å². The van der Waals surface area contributed by atoms with Gasteiger partial charge in [0.1, 0.15) is 0 Å². The maximum absolute atomic E-state index is 12.5. The Hall–Kier alpha value is -0.770. The number of urea groups is 1. The molecule has 4 atom stereocenters. The molecule has 120 valence electrons. The van der Waals surface area contributed by atoms with Crippen LogP contribution in [0.15, 0.2) is 0 Å². The van der Waals surface area contributed by atoms with Crippen LogP contribution in [0.4, 0.5) is 4.79 Å².